The van der Waals surface area contributed by atoms with E-state index in [9.17, 15) is 18.4 Å². The van der Waals surface area contributed by atoms with E-state index in [4.69, 9.17) is 0 Å². The van der Waals surface area contributed by atoms with E-state index in [-0.39, 0.29) is 17.1 Å². The molecule has 0 radical (unpaired) electrons. The second-order valence-electron chi connectivity index (χ2n) is 7.33. The molecule has 8 heteroatoms. The Morgan fingerprint density at radius 2 is 1.58 bits per heavy atom. The first-order valence-electron chi connectivity index (χ1n) is 9.55. The number of hydrogen-bond acceptors (Lipinski definition) is 3. The number of rotatable bonds is 2. The molecule has 156 valence electrons. The molecule has 0 bridgehead atoms. The first-order chi connectivity index (χ1) is 14.8. The summed E-state index contributed by atoms with van der Waals surface area (Å²) in [6, 6.07) is 10.6. The van der Waals surface area contributed by atoms with Gasteiger partial charge < -0.3 is 0 Å². The minimum absolute atomic E-state index is 0.0532. The highest BCUT2D eigenvalue weighted by Gasteiger charge is 2.23. The standard InChI is InChI=1S/C23H18F2N4O2/c1-14(2)28-19-13-27(3)26-20(19)22(30)29(23(28)31)21-17(24)11-16(12-18(21)25)10-9-15-7-5-4-6-8-15/h4-8,11-14H,1-3H3. The second-order valence-corrected chi connectivity index (χ2v) is 7.33. The summed E-state index contributed by atoms with van der Waals surface area (Å²) >= 11 is 0. The largest absolute Gasteiger partial charge is 0.336 e. The minimum atomic E-state index is -1.07. The molecule has 0 aliphatic carbocycles. The highest BCUT2D eigenvalue weighted by atomic mass is 19.1. The molecule has 0 unspecified atom stereocenters. The van der Waals surface area contributed by atoms with Gasteiger partial charge in [0, 0.05) is 30.4 Å². The van der Waals surface area contributed by atoms with Crippen LogP contribution >= 0.6 is 0 Å². The number of aryl methyl sites for hydroxylation is 1. The molecular formula is C23H18F2N4O2. The van der Waals surface area contributed by atoms with Crippen LogP contribution in [0.3, 0.4) is 0 Å². The van der Waals surface area contributed by atoms with Gasteiger partial charge in [0.15, 0.2) is 17.2 Å². The van der Waals surface area contributed by atoms with Gasteiger partial charge in [-0.3, -0.25) is 14.0 Å². The molecule has 0 aliphatic heterocycles. The maximum atomic E-state index is 15.0. The predicted molar refractivity (Wildman–Crippen MR) is 113 cm³/mol. The lowest BCUT2D eigenvalue weighted by molar-refractivity contribution is 0.536. The van der Waals surface area contributed by atoms with Crippen LogP contribution in [0.1, 0.15) is 31.0 Å². The lowest BCUT2D eigenvalue weighted by Crippen LogP contribution is -2.40. The fourth-order valence-corrected chi connectivity index (χ4v) is 3.42. The molecule has 2 heterocycles. The molecule has 0 fully saturated rings. The monoisotopic (exact) mass is 420 g/mol. The van der Waals surface area contributed by atoms with Gasteiger partial charge in [0.05, 0.1) is 5.52 Å². The summed E-state index contributed by atoms with van der Waals surface area (Å²) in [7, 11) is 1.60. The summed E-state index contributed by atoms with van der Waals surface area (Å²) in [5, 5.41) is 4.08. The number of aromatic nitrogens is 4. The van der Waals surface area contributed by atoms with Crippen molar-refractivity contribution in [3.05, 3.63) is 92.3 Å². The average Bonchev–Trinajstić information content (AvgIpc) is 3.10. The van der Waals surface area contributed by atoms with Crippen LogP contribution < -0.4 is 11.2 Å². The number of nitrogens with zero attached hydrogens (tertiary/aromatic N) is 4. The predicted octanol–water partition coefficient (Wildman–Crippen LogP) is 3.14. The van der Waals surface area contributed by atoms with Crippen molar-refractivity contribution in [1.82, 2.24) is 18.9 Å². The molecule has 0 atom stereocenters. The van der Waals surface area contributed by atoms with Crippen LogP contribution in [-0.4, -0.2) is 18.9 Å². The molecule has 0 aliphatic rings. The lowest BCUT2D eigenvalue weighted by Gasteiger charge is -2.15. The summed E-state index contributed by atoms with van der Waals surface area (Å²) in [4.78, 5) is 26.0. The van der Waals surface area contributed by atoms with Crippen molar-refractivity contribution in [3.8, 4) is 17.5 Å². The molecule has 0 spiro atoms. The first-order valence-corrected chi connectivity index (χ1v) is 9.55. The Hall–Kier alpha value is -3.99. The van der Waals surface area contributed by atoms with Crippen molar-refractivity contribution in [3.63, 3.8) is 0 Å². The Balaban J connectivity index is 1.94. The van der Waals surface area contributed by atoms with Gasteiger partial charge in [-0.05, 0) is 38.1 Å². The molecule has 0 saturated carbocycles. The third-order valence-corrected chi connectivity index (χ3v) is 4.75. The van der Waals surface area contributed by atoms with Crippen molar-refractivity contribution in [2.45, 2.75) is 19.9 Å². The fourth-order valence-electron chi connectivity index (χ4n) is 3.42. The molecule has 0 amide bonds. The van der Waals surface area contributed by atoms with E-state index in [2.05, 4.69) is 16.9 Å². The zero-order chi connectivity index (χ0) is 22.3. The highest BCUT2D eigenvalue weighted by Crippen LogP contribution is 2.19. The van der Waals surface area contributed by atoms with Crippen molar-refractivity contribution in [2.75, 3.05) is 0 Å². The second kappa shape index (κ2) is 7.69. The smallest absolute Gasteiger partial charge is 0.287 e. The van der Waals surface area contributed by atoms with Crippen molar-refractivity contribution in [1.29, 1.82) is 0 Å². The van der Waals surface area contributed by atoms with Gasteiger partial charge in [-0.15, -0.1) is 0 Å². The number of hydrogen-bond donors (Lipinski definition) is 0. The van der Waals surface area contributed by atoms with E-state index < -0.39 is 28.6 Å². The average molecular weight is 420 g/mol. The van der Waals surface area contributed by atoms with E-state index in [0.717, 1.165) is 12.1 Å². The summed E-state index contributed by atoms with van der Waals surface area (Å²) in [6.45, 7) is 3.47. The number of fused-ring (bicyclic) bond motifs is 1. The molecule has 6 nitrogen and oxygen atoms in total. The van der Waals surface area contributed by atoms with Crippen LogP contribution in [0.15, 0.2) is 58.3 Å². The maximum Gasteiger partial charge on any atom is 0.336 e. The number of halogens is 2. The van der Waals surface area contributed by atoms with Gasteiger partial charge in [0.25, 0.3) is 5.56 Å². The van der Waals surface area contributed by atoms with E-state index >= 15 is 0 Å². The van der Waals surface area contributed by atoms with Crippen molar-refractivity contribution in [2.24, 2.45) is 7.05 Å². The summed E-state index contributed by atoms with van der Waals surface area (Å²) in [5.41, 5.74) is -1.47. The Labute approximate surface area is 176 Å². The molecule has 4 aromatic rings. The Bertz CT molecular complexity index is 1460. The Kier molecular flexibility index (Phi) is 5.03. The maximum absolute atomic E-state index is 15.0. The van der Waals surface area contributed by atoms with E-state index in [1.807, 2.05) is 6.07 Å². The molecule has 31 heavy (non-hydrogen) atoms. The molecule has 0 saturated heterocycles. The molecule has 2 aromatic heterocycles. The third-order valence-electron chi connectivity index (χ3n) is 4.75. The van der Waals surface area contributed by atoms with Gasteiger partial charge in [0.1, 0.15) is 5.69 Å². The van der Waals surface area contributed by atoms with Crippen LogP contribution in [0.4, 0.5) is 8.78 Å². The topological polar surface area (TPSA) is 61.8 Å². The van der Waals surface area contributed by atoms with Gasteiger partial charge in [-0.2, -0.15) is 5.10 Å². The van der Waals surface area contributed by atoms with Crippen LogP contribution in [0.2, 0.25) is 0 Å². The molecular weight excluding hydrogens is 402 g/mol. The van der Waals surface area contributed by atoms with Gasteiger partial charge in [-0.25, -0.2) is 18.1 Å². The Morgan fingerprint density at radius 1 is 0.968 bits per heavy atom. The summed E-state index contributed by atoms with van der Waals surface area (Å²) in [6.07, 6.45) is 1.53. The summed E-state index contributed by atoms with van der Waals surface area (Å²) in [5.74, 6) is 3.38. The minimum Gasteiger partial charge on any atom is -0.287 e. The fraction of sp³-hybridized carbons (Fsp3) is 0.174. The SMILES string of the molecule is CC(C)n1c(=O)n(-c2c(F)cc(C#Cc3ccccc3)cc2F)c(=O)c2nn(C)cc21. The summed E-state index contributed by atoms with van der Waals surface area (Å²) < 4.78 is 33.1. The van der Waals surface area contributed by atoms with Crippen LogP contribution in [0, 0.1) is 23.5 Å². The van der Waals surface area contributed by atoms with Crippen LogP contribution in [0.5, 0.6) is 0 Å². The lowest BCUT2D eigenvalue weighted by atomic mass is 10.1. The normalized spacial score (nSPS) is 11.0. The highest BCUT2D eigenvalue weighted by molar-refractivity contribution is 5.73. The molecule has 4 rings (SSSR count). The van der Waals surface area contributed by atoms with Crippen LogP contribution in [0.25, 0.3) is 16.7 Å². The van der Waals surface area contributed by atoms with Gasteiger partial charge >= 0.3 is 5.69 Å². The third kappa shape index (κ3) is 3.55. The van der Waals surface area contributed by atoms with Crippen molar-refractivity contribution >= 4 is 11.0 Å². The quantitative estimate of drug-likeness (QED) is 0.468. The van der Waals surface area contributed by atoms with E-state index in [1.54, 1.807) is 45.2 Å². The van der Waals surface area contributed by atoms with Crippen molar-refractivity contribution < 1.29 is 8.78 Å². The number of benzene rings is 2. The zero-order valence-corrected chi connectivity index (χ0v) is 17.1. The van der Waals surface area contributed by atoms with Gasteiger partial charge in [0.2, 0.25) is 0 Å². The zero-order valence-electron chi connectivity index (χ0n) is 17.1. The van der Waals surface area contributed by atoms with Crippen LogP contribution in [-0.2, 0) is 7.05 Å². The van der Waals surface area contributed by atoms with E-state index in [0.29, 0.717) is 15.6 Å². The first kappa shape index (κ1) is 20.3. The Morgan fingerprint density at radius 3 is 2.19 bits per heavy atom. The van der Waals surface area contributed by atoms with Gasteiger partial charge in [-0.1, -0.05) is 30.0 Å². The molecule has 0 N–H and O–H groups in total. The molecule has 2 aromatic carbocycles. The van der Waals surface area contributed by atoms with E-state index in [1.165, 1.54) is 15.4 Å².